The Morgan fingerprint density at radius 3 is 2.56 bits per heavy atom. The van der Waals surface area contributed by atoms with Gasteiger partial charge in [0.25, 0.3) is 5.91 Å². The number of methoxy groups -OCH3 is 1. The van der Waals surface area contributed by atoms with Gasteiger partial charge in [0, 0.05) is 0 Å². The maximum atomic E-state index is 12.7. The van der Waals surface area contributed by atoms with Gasteiger partial charge in [0.05, 0.1) is 31.6 Å². The maximum absolute atomic E-state index is 12.7. The molecule has 1 N–H and O–H groups in total. The van der Waals surface area contributed by atoms with Gasteiger partial charge in [-0.05, 0) is 49.2 Å². The topological polar surface area (TPSA) is 97.7 Å². The van der Waals surface area contributed by atoms with Crippen LogP contribution in [-0.4, -0.2) is 32.2 Å². The number of ether oxygens (including phenoxy) is 3. The average molecular weight is 437 g/mol. The van der Waals surface area contributed by atoms with Crippen LogP contribution in [0.15, 0.2) is 48.0 Å². The molecule has 168 valence electrons. The van der Waals surface area contributed by atoms with Crippen molar-refractivity contribution in [3.8, 4) is 17.6 Å². The fourth-order valence-electron chi connectivity index (χ4n) is 2.91. The number of nitriles is 1. The predicted molar refractivity (Wildman–Crippen MR) is 123 cm³/mol. The van der Waals surface area contributed by atoms with E-state index in [1.165, 1.54) is 13.2 Å². The monoisotopic (exact) mass is 436 g/mol. The van der Waals surface area contributed by atoms with Crippen LogP contribution >= 0.6 is 0 Å². The number of hydrogen-bond donors (Lipinski definition) is 1. The van der Waals surface area contributed by atoms with Gasteiger partial charge in [-0.1, -0.05) is 38.0 Å². The Kier molecular flexibility index (Phi) is 9.79. The van der Waals surface area contributed by atoms with Crippen molar-refractivity contribution in [3.05, 3.63) is 59.2 Å². The molecule has 7 heteroatoms. The number of nitrogens with one attached hydrogen (secondary N) is 1. The quantitative estimate of drug-likeness (QED) is 0.231. The molecule has 2 rings (SSSR count). The van der Waals surface area contributed by atoms with Crippen molar-refractivity contribution < 1.29 is 23.8 Å². The third-order valence-corrected chi connectivity index (χ3v) is 4.54. The van der Waals surface area contributed by atoms with E-state index in [4.69, 9.17) is 14.2 Å². The Bertz CT molecular complexity index is 1010. The third-order valence-electron chi connectivity index (χ3n) is 4.54. The molecular weight excluding hydrogens is 408 g/mol. The summed E-state index contributed by atoms with van der Waals surface area (Å²) >= 11 is 0. The van der Waals surface area contributed by atoms with Gasteiger partial charge in [0.1, 0.15) is 11.6 Å². The van der Waals surface area contributed by atoms with E-state index in [0.29, 0.717) is 23.7 Å². The molecule has 2 aromatic carbocycles. The number of para-hydroxylation sites is 1. The van der Waals surface area contributed by atoms with Crippen LogP contribution in [0.25, 0.3) is 6.08 Å². The molecule has 0 atom stereocenters. The molecule has 0 aliphatic carbocycles. The average Bonchev–Trinajstić information content (AvgIpc) is 2.81. The van der Waals surface area contributed by atoms with Gasteiger partial charge in [-0.15, -0.1) is 0 Å². The van der Waals surface area contributed by atoms with Crippen molar-refractivity contribution in [2.45, 2.75) is 33.1 Å². The molecule has 0 saturated heterocycles. The number of carbonyl (C=O) groups is 2. The van der Waals surface area contributed by atoms with Crippen LogP contribution in [0, 0.1) is 11.3 Å². The Hall–Kier alpha value is -3.79. The molecule has 0 radical (unpaired) electrons. The first-order valence-corrected chi connectivity index (χ1v) is 10.5. The number of amides is 1. The van der Waals surface area contributed by atoms with E-state index in [1.54, 1.807) is 49.4 Å². The minimum atomic E-state index is -0.636. The lowest BCUT2D eigenvalue weighted by molar-refractivity contribution is -0.112. The number of unbranched alkanes of at least 4 members (excludes halogenated alkanes) is 2. The molecule has 0 aromatic heterocycles. The zero-order valence-corrected chi connectivity index (χ0v) is 18.6. The normalized spacial score (nSPS) is 10.8. The molecule has 0 heterocycles. The van der Waals surface area contributed by atoms with E-state index in [2.05, 4.69) is 12.2 Å². The number of anilines is 1. The Morgan fingerprint density at radius 1 is 1.09 bits per heavy atom. The van der Waals surface area contributed by atoms with Gasteiger partial charge in [0.2, 0.25) is 0 Å². The van der Waals surface area contributed by atoms with Crippen molar-refractivity contribution >= 4 is 23.6 Å². The molecule has 1 amide bonds. The summed E-state index contributed by atoms with van der Waals surface area (Å²) in [6.07, 6.45) is 4.59. The summed E-state index contributed by atoms with van der Waals surface area (Å²) in [7, 11) is 1.53. The van der Waals surface area contributed by atoms with Gasteiger partial charge in [0.15, 0.2) is 11.5 Å². The summed E-state index contributed by atoms with van der Waals surface area (Å²) in [5.41, 5.74) is 0.965. The number of rotatable bonds is 11. The lowest BCUT2D eigenvalue weighted by atomic mass is 10.1. The van der Waals surface area contributed by atoms with E-state index in [0.717, 1.165) is 19.3 Å². The van der Waals surface area contributed by atoms with Crippen LogP contribution in [0.1, 0.15) is 49.0 Å². The highest BCUT2D eigenvalue weighted by atomic mass is 16.5. The van der Waals surface area contributed by atoms with Crippen molar-refractivity contribution in [3.63, 3.8) is 0 Å². The molecular formula is C25H28N2O5. The van der Waals surface area contributed by atoms with Gasteiger partial charge in [-0.25, -0.2) is 4.79 Å². The SMILES string of the molecule is CCCCCOc1ccc(C=C(C#N)C(=O)Nc2ccccc2C(=O)OCC)cc1OC. The molecule has 0 aliphatic rings. The van der Waals surface area contributed by atoms with Crippen LogP contribution in [-0.2, 0) is 9.53 Å². The zero-order valence-electron chi connectivity index (χ0n) is 18.6. The highest BCUT2D eigenvalue weighted by molar-refractivity contribution is 6.12. The summed E-state index contributed by atoms with van der Waals surface area (Å²) in [6, 6.07) is 13.6. The zero-order chi connectivity index (χ0) is 23.3. The Balaban J connectivity index is 2.20. The first-order chi connectivity index (χ1) is 15.5. The smallest absolute Gasteiger partial charge is 0.340 e. The van der Waals surface area contributed by atoms with Crippen molar-refractivity contribution in [2.75, 3.05) is 25.6 Å². The second-order valence-electron chi connectivity index (χ2n) is 6.86. The minimum absolute atomic E-state index is 0.123. The van der Waals surface area contributed by atoms with Gasteiger partial charge in [-0.3, -0.25) is 4.79 Å². The Morgan fingerprint density at radius 2 is 1.88 bits per heavy atom. The summed E-state index contributed by atoms with van der Waals surface area (Å²) in [4.78, 5) is 24.8. The first kappa shape index (κ1) is 24.5. The van der Waals surface area contributed by atoms with Crippen LogP contribution in [0.4, 0.5) is 5.69 Å². The molecule has 0 fully saturated rings. The van der Waals surface area contributed by atoms with E-state index in [9.17, 15) is 14.9 Å². The first-order valence-electron chi connectivity index (χ1n) is 10.5. The van der Waals surface area contributed by atoms with E-state index in [1.807, 2.05) is 6.07 Å². The van der Waals surface area contributed by atoms with Gasteiger partial charge < -0.3 is 19.5 Å². The maximum Gasteiger partial charge on any atom is 0.340 e. The number of nitrogens with zero attached hydrogens (tertiary/aromatic N) is 1. The van der Waals surface area contributed by atoms with Crippen molar-refractivity contribution in [1.82, 2.24) is 0 Å². The molecule has 0 bridgehead atoms. The second kappa shape index (κ2) is 12.8. The van der Waals surface area contributed by atoms with E-state index < -0.39 is 11.9 Å². The molecule has 0 spiro atoms. The lowest BCUT2D eigenvalue weighted by Crippen LogP contribution is -2.17. The largest absolute Gasteiger partial charge is 0.493 e. The van der Waals surface area contributed by atoms with Crippen LogP contribution in [0.3, 0.4) is 0 Å². The Labute approximate surface area is 188 Å². The van der Waals surface area contributed by atoms with Crippen molar-refractivity contribution in [2.24, 2.45) is 0 Å². The molecule has 0 unspecified atom stereocenters. The molecule has 0 aliphatic heterocycles. The van der Waals surface area contributed by atoms with Crippen LogP contribution in [0.2, 0.25) is 0 Å². The van der Waals surface area contributed by atoms with E-state index in [-0.39, 0.29) is 23.4 Å². The van der Waals surface area contributed by atoms with Crippen LogP contribution in [0.5, 0.6) is 11.5 Å². The number of benzene rings is 2. The highest BCUT2D eigenvalue weighted by Crippen LogP contribution is 2.29. The molecule has 2 aromatic rings. The van der Waals surface area contributed by atoms with Crippen molar-refractivity contribution in [1.29, 1.82) is 5.26 Å². The van der Waals surface area contributed by atoms with Gasteiger partial charge >= 0.3 is 5.97 Å². The molecule has 0 saturated carbocycles. The fourth-order valence-corrected chi connectivity index (χ4v) is 2.91. The second-order valence-corrected chi connectivity index (χ2v) is 6.86. The summed E-state index contributed by atoms with van der Waals surface area (Å²) in [5, 5.41) is 12.1. The minimum Gasteiger partial charge on any atom is -0.493 e. The van der Waals surface area contributed by atoms with Gasteiger partial charge in [-0.2, -0.15) is 5.26 Å². The van der Waals surface area contributed by atoms with Crippen LogP contribution < -0.4 is 14.8 Å². The number of carbonyl (C=O) groups excluding carboxylic acids is 2. The lowest BCUT2D eigenvalue weighted by Gasteiger charge is -2.12. The number of esters is 1. The fraction of sp³-hybridized carbons (Fsp3) is 0.320. The predicted octanol–water partition coefficient (Wildman–Crippen LogP) is 4.99. The standard InChI is InChI=1S/C25H28N2O5/c1-4-6-9-14-32-22-13-12-18(16-23(22)30-3)15-19(17-26)24(28)27-21-11-8-7-10-20(21)25(29)31-5-2/h7-8,10-13,15-16H,4-6,9,14H2,1-3H3,(H,27,28). The summed E-state index contributed by atoms with van der Waals surface area (Å²) < 4.78 is 16.2. The molecule has 32 heavy (non-hydrogen) atoms. The highest BCUT2D eigenvalue weighted by Gasteiger charge is 2.16. The third kappa shape index (κ3) is 6.88. The summed E-state index contributed by atoms with van der Waals surface area (Å²) in [5.74, 6) is -0.0686. The molecule has 7 nitrogen and oxygen atoms in total. The summed E-state index contributed by atoms with van der Waals surface area (Å²) in [6.45, 7) is 4.63. The van der Waals surface area contributed by atoms with E-state index >= 15 is 0 Å². The number of hydrogen-bond acceptors (Lipinski definition) is 6.